The van der Waals surface area contributed by atoms with Crippen LogP contribution >= 0.6 is 0 Å². The Labute approximate surface area is 139 Å². The number of amides is 2. The standard InChI is InChI=1S/C17H21F2N3O2/c18-13-8-12-2-1-5-22(16(12)14(19)9-13)10-15(23)21-6-3-11(4-7-21)17(20)24/h8-9,11H,1-7,10H2,(H2,20,24). The lowest BCUT2D eigenvalue weighted by Crippen LogP contribution is -2.47. The second-order valence-electron chi connectivity index (χ2n) is 6.48. The van der Waals surface area contributed by atoms with Crippen LogP contribution in [0.4, 0.5) is 14.5 Å². The van der Waals surface area contributed by atoms with Gasteiger partial charge in [-0.05, 0) is 37.3 Å². The minimum absolute atomic E-state index is 0.0663. The molecule has 1 saturated heterocycles. The van der Waals surface area contributed by atoms with E-state index in [2.05, 4.69) is 0 Å². The summed E-state index contributed by atoms with van der Waals surface area (Å²) in [4.78, 5) is 27.1. The van der Waals surface area contributed by atoms with Gasteiger partial charge in [0.15, 0.2) is 0 Å². The molecule has 3 rings (SSSR count). The third kappa shape index (κ3) is 3.34. The average Bonchev–Trinajstić information content (AvgIpc) is 2.54. The van der Waals surface area contributed by atoms with Crippen LogP contribution in [-0.4, -0.2) is 42.9 Å². The molecular weight excluding hydrogens is 316 g/mol. The van der Waals surface area contributed by atoms with Gasteiger partial charge < -0.3 is 15.5 Å². The second-order valence-corrected chi connectivity index (χ2v) is 6.48. The van der Waals surface area contributed by atoms with Gasteiger partial charge in [0.05, 0.1) is 12.2 Å². The smallest absolute Gasteiger partial charge is 0.242 e. The number of carbonyl (C=O) groups is 2. The quantitative estimate of drug-likeness (QED) is 0.908. The molecule has 130 valence electrons. The second kappa shape index (κ2) is 6.75. The number of nitrogens with zero attached hydrogens (tertiary/aromatic N) is 2. The van der Waals surface area contributed by atoms with E-state index in [1.165, 1.54) is 6.07 Å². The first-order valence-corrected chi connectivity index (χ1v) is 8.25. The van der Waals surface area contributed by atoms with E-state index in [-0.39, 0.29) is 24.3 Å². The molecule has 2 heterocycles. The summed E-state index contributed by atoms with van der Waals surface area (Å²) in [5.74, 6) is -1.81. The molecule has 0 unspecified atom stereocenters. The summed E-state index contributed by atoms with van der Waals surface area (Å²) in [6.45, 7) is 1.61. The molecular formula is C17H21F2N3O2. The number of rotatable bonds is 3. The summed E-state index contributed by atoms with van der Waals surface area (Å²) >= 11 is 0. The SMILES string of the molecule is NC(=O)C1CCN(C(=O)CN2CCCc3cc(F)cc(F)c32)CC1. The molecule has 2 N–H and O–H groups in total. The number of piperidine rings is 1. The van der Waals surface area contributed by atoms with Crippen LogP contribution in [0.1, 0.15) is 24.8 Å². The van der Waals surface area contributed by atoms with E-state index in [1.807, 2.05) is 0 Å². The van der Waals surface area contributed by atoms with Gasteiger partial charge in [-0.2, -0.15) is 0 Å². The molecule has 5 nitrogen and oxygen atoms in total. The summed E-state index contributed by atoms with van der Waals surface area (Å²) in [6, 6.07) is 2.20. The number of halogens is 2. The van der Waals surface area contributed by atoms with Crippen LogP contribution in [0.15, 0.2) is 12.1 Å². The van der Waals surface area contributed by atoms with Crippen LogP contribution < -0.4 is 10.6 Å². The molecule has 1 fully saturated rings. The maximum atomic E-state index is 14.2. The highest BCUT2D eigenvalue weighted by molar-refractivity contribution is 5.83. The van der Waals surface area contributed by atoms with E-state index in [9.17, 15) is 18.4 Å². The first-order chi connectivity index (χ1) is 11.5. The van der Waals surface area contributed by atoms with Crippen molar-refractivity contribution in [2.45, 2.75) is 25.7 Å². The Morgan fingerprint density at radius 2 is 1.88 bits per heavy atom. The van der Waals surface area contributed by atoms with E-state index in [0.29, 0.717) is 50.1 Å². The van der Waals surface area contributed by atoms with Crippen molar-refractivity contribution >= 4 is 17.5 Å². The maximum Gasteiger partial charge on any atom is 0.242 e. The van der Waals surface area contributed by atoms with Crippen LogP contribution in [0.5, 0.6) is 0 Å². The largest absolute Gasteiger partial charge is 0.369 e. The van der Waals surface area contributed by atoms with Crippen LogP contribution in [0, 0.1) is 17.6 Å². The van der Waals surface area contributed by atoms with Crippen molar-refractivity contribution < 1.29 is 18.4 Å². The van der Waals surface area contributed by atoms with Crippen molar-refractivity contribution in [2.75, 3.05) is 31.1 Å². The van der Waals surface area contributed by atoms with Crippen LogP contribution in [-0.2, 0) is 16.0 Å². The zero-order chi connectivity index (χ0) is 17.3. The van der Waals surface area contributed by atoms with E-state index < -0.39 is 11.6 Å². The Kier molecular flexibility index (Phi) is 4.69. The van der Waals surface area contributed by atoms with Gasteiger partial charge in [0, 0.05) is 31.6 Å². The summed E-state index contributed by atoms with van der Waals surface area (Å²) in [5.41, 5.74) is 6.24. The molecule has 0 aromatic heterocycles. The van der Waals surface area contributed by atoms with Gasteiger partial charge in [-0.1, -0.05) is 0 Å². The molecule has 0 bridgehead atoms. The third-order valence-electron chi connectivity index (χ3n) is 4.87. The van der Waals surface area contributed by atoms with Crippen molar-refractivity contribution in [3.05, 3.63) is 29.3 Å². The number of aryl methyl sites for hydroxylation is 1. The van der Waals surface area contributed by atoms with Gasteiger partial charge in [-0.3, -0.25) is 9.59 Å². The van der Waals surface area contributed by atoms with Crippen molar-refractivity contribution in [2.24, 2.45) is 11.7 Å². The monoisotopic (exact) mass is 337 g/mol. The Morgan fingerprint density at radius 3 is 2.54 bits per heavy atom. The van der Waals surface area contributed by atoms with Gasteiger partial charge in [-0.25, -0.2) is 8.78 Å². The van der Waals surface area contributed by atoms with Crippen LogP contribution in [0.3, 0.4) is 0 Å². The predicted molar refractivity (Wildman–Crippen MR) is 85.4 cm³/mol. The molecule has 7 heteroatoms. The fourth-order valence-corrected chi connectivity index (χ4v) is 3.57. The zero-order valence-corrected chi connectivity index (χ0v) is 13.4. The number of primary amides is 1. The van der Waals surface area contributed by atoms with E-state index >= 15 is 0 Å². The third-order valence-corrected chi connectivity index (χ3v) is 4.87. The Morgan fingerprint density at radius 1 is 1.17 bits per heavy atom. The summed E-state index contributed by atoms with van der Waals surface area (Å²) < 4.78 is 27.5. The van der Waals surface area contributed by atoms with Crippen molar-refractivity contribution in [3.63, 3.8) is 0 Å². The van der Waals surface area contributed by atoms with Crippen molar-refractivity contribution in [1.82, 2.24) is 4.90 Å². The highest BCUT2D eigenvalue weighted by atomic mass is 19.1. The summed E-state index contributed by atoms with van der Waals surface area (Å²) in [5, 5.41) is 0. The lowest BCUT2D eigenvalue weighted by atomic mass is 9.96. The van der Waals surface area contributed by atoms with Gasteiger partial charge in [0.2, 0.25) is 11.8 Å². The lowest BCUT2D eigenvalue weighted by Gasteiger charge is -2.35. The number of fused-ring (bicyclic) bond motifs is 1. The molecule has 0 saturated carbocycles. The lowest BCUT2D eigenvalue weighted by molar-refractivity contribution is -0.133. The number of hydrogen-bond acceptors (Lipinski definition) is 3. The Bertz CT molecular complexity index is 657. The maximum absolute atomic E-state index is 14.2. The fourth-order valence-electron chi connectivity index (χ4n) is 3.57. The minimum Gasteiger partial charge on any atom is -0.369 e. The highest BCUT2D eigenvalue weighted by Gasteiger charge is 2.29. The van der Waals surface area contributed by atoms with Crippen molar-refractivity contribution in [1.29, 1.82) is 0 Å². The molecule has 2 aliphatic heterocycles. The van der Waals surface area contributed by atoms with Crippen LogP contribution in [0.25, 0.3) is 0 Å². The molecule has 2 aliphatic rings. The number of anilines is 1. The molecule has 0 radical (unpaired) electrons. The zero-order valence-electron chi connectivity index (χ0n) is 13.4. The number of likely N-dealkylation sites (tertiary alicyclic amines) is 1. The molecule has 0 atom stereocenters. The van der Waals surface area contributed by atoms with E-state index in [4.69, 9.17) is 5.73 Å². The normalized spacial score (nSPS) is 18.4. The van der Waals surface area contributed by atoms with Crippen LogP contribution in [0.2, 0.25) is 0 Å². The Balaban J connectivity index is 1.68. The number of hydrogen-bond donors (Lipinski definition) is 1. The van der Waals surface area contributed by atoms with Crippen molar-refractivity contribution in [3.8, 4) is 0 Å². The topological polar surface area (TPSA) is 66.6 Å². The summed E-state index contributed by atoms with van der Waals surface area (Å²) in [7, 11) is 0. The first-order valence-electron chi connectivity index (χ1n) is 8.25. The highest BCUT2D eigenvalue weighted by Crippen LogP contribution is 2.31. The minimum atomic E-state index is -0.620. The molecule has 0 aliphatic carbocycles. The first kappa shape index (κ1) is 16.7. The predicted octanol–water partition coefficient (Wildman–Crippen LogP) is 1.44. The molecule has 1 aromatic rings. The fraction of sp³-hybridized carbons (Fsp3) is 0.529. The Hall–Kier alpha value is -2.18. The average molecular weight is 337 g/mol. The van der Waals surface area contributed by atoms with Gasteiger partial charge in [0.25, 0.3) is 0 Å². The van der Waals surface area contributed by atoms with E-state index in [1.54, 1.807) is 9.80 Å². The molecule has 2 amide bonds. The van der Waals surface area contributed by atoms with Gasteiger partial charge >= 0.3 is 0 Å². The number of nitrogens with two attached hydrogens (primary N) is 1. The van der Waals surface area contributed by atoms with E-state index in [0.717, 1.165) is 12.5 Å². The molecule has 1 aromatic carbocycles. The molecule has 24 heavy (non-hydrogen) atoms. The van der Waals surface area contributed by atoms with Gasteiger partial charge in [0.1, 0.15) is 11.6 Å². The number of benzene rings is 1. The molecule has 0 spiro atoms. The van der Waals surface area contributed by atoms with Gasteiger partial charge in [-0.15, -0.1) is 0 Å². The number of carbonyl (C=O) groups excluding carboxylic acids is 2. The summed E-state index contributed by atoms with van der Waals surface area (Å²) in [6.07, 6.45) is 2.50.